The van der Waals surface area contributed by atoms with Gasteiger partial charge in [0.25, 0.3) is 0 Å². The minimum atomic E-state index is 0.174. The zero-order valence-electron chi connectivity index (χ0n) is 14.3. The van der Waals surface area contributed by atoms with Crippen molar-refractivity contribution in [3.63, 3.8) is 0 Å². The minimum Gasteiger partial charge on any atom is -0.381 e. The van der Waals surface area contributed by atoms with Crippen LogP contribution in [0.25, 0.3) is 10.8 Å². The Bertz CT molecular complexity index is 735. The number of amides is 1. The first-order chi connectivity index (χ1) is 11.8. The van der Waals surface area contributed by atoms with Crippen LogP contribution in [0.5, 0.6) is 0 Å². The van der Waals surface area contributed by atoms with Gasteiger partial charge in [0.15, 0.2) is 0 Å². The molecular formula is C21H25NO2. The molecule has 2 fully saturated rings. The highest BCUT2D eigenvalue weighted by molar-refractivity contribution is 5.85. The lowest BCUT2D eigenvalue weighted by Gasteiger charge is -2.24. The molecule has 0 spiro atoms. The first kappa shape index (κ1) is 15.6. The van der Waals surface area contributed by atoms with Crippen LogP contribution in [0.3, 0.4) is 0 Å². The molecule has 0 N–H and O–H groups in total. The van der Waals surface area contributed by atoms with Crippen molar-refractivity contribution in [2.45, 2.75) is 25.7 Å². The first-order valence-electron chi connectivity index (χ1n) is 9.11. The van der Waals surface area contributed by atoms with Gasteiger partial charge in [0.1, 0.15) is 0 Å². The second-order valence-corrected chi connectivity index (χ2v) is 7.16. The van der Waals surface area contributed by atoms with E-state index in [1.165, 1.54) is 16.3 Å². The van der Waals surface area contributed by atoms with E-state index in [2.05, 4.69) is 49.4 Å². The lowest BCUT2D eigenvalue weighted by Crippen LogP contribution is -2.36. The molecule has 3 heteroatoms. The van der Waals surface area contributed by atoms with Crippen LogP contribution in [0, 0.1) is 11.8 Å². The van der Waals surface area contributed by atoms with Crippen molar-refractivity contribution in [3.05, 3.63) is 48.0 Å². The predicted molar refractivity (Wildman–Crippen MR) is 96.0 cm³/mol. The maximum Gasteiger partial charge on any atom is 0.226 e. The van der Waals surface area contributed by atoms with Gasteiger partial charge in [0, 0.05) is 31.5 Å². The molecule has 4 rings (SSSR count). The van der Waals surface area contributed by atoms with Crippen molar-refractivity contribution < 1.29 is 9.53 Å². The Kier molecular flexibility index (Phi) is 4.28. The molecule has 3 nitrogen and oxygen atoms in total. The van der Waals surface area contributed by atoms with E-state index in [4.69, 9.17) is 4.74 Å². The molecule has 1 aliphatic heterocycles. The molecule has 0 unspecified atom stereocenters. The third kappa shape index (κ3) is 3.05. The summed E-state index contributed by atoms with van der Waals surface area (Å²) in [6.45, 7) is 5.40. The molecule has 1 aliphatic carbocycles. The van der Waals surface area contributed by atoms with Gasteiger partial charge in [-0.25, -0.2) is 0 Å². The lowest BCUT2D eigenvalue weighted by atomic mass is 10.0. The molecule has 0 bridgehead atoms. The lowest BCUT2D eigenvalue weighted by molar-refractivity contribution is -0.133. The zero-order chi connectivity index (χ0) is 16.5. The molecular weight excluding hydrogens is 298 g/mol. The van der Waals surface area contributed by atoms with Crippen LogP contribution in [-0.2, 0) is 9.53 Å². The topological polar surface area (TPSA) is 29.5 Å². The number of nitrogens with zero attached hydrogens (tertiary/aromatic N) is 1. The van der Waals surface area contributed by atoms with Crippen molar-refractivity contribution in [2.75, 3.05) is 26.3 Å². The molecule has 1 saturated carbocycles. The number of hydrogen-bond donors (Lipinski definition) is 0. The van der Waals surface area contributed by atoms with Crippen LogP contribution >= 0.6 is 0 Å². The van der Waals surface area contributed by atoms with Gasteiger partial charge in [-0.3, -0.25) is 4.79 Å². The van der Waals surface area contributed by atoms with Gasteiger partial charge < -0.3 is 9.64 Å². The summed E-state index contributed by atoms with van der Waals surface area (Å²) in [6, 6.07) is 15.1. The highest BCUT2D eigenvalue weighted by Crippen LogP contribution is 2.49. The summed E-state index contributed by atoms with van der Waals surface area (Å²) >= 11 is 0. The predicted octanol–water partition coefficient (Wildman–Crippen LogP) is 3.83. The molecule has 2 aromatic carbocycles. The summed E-state index contributed by atoms with van der Waals surface area (Å²) in [5.41, 5.74) is 1.31. The fraction of sp³-hybridized carbons (Fsp3) is 0.476. The van der Waals surface area contributed by atoms with E-state index < -0.39 is 0 Å². The average molecular weight is 323 g/mol. The van der Waals surface area contributed by atoms with Crippen molar-refractivity contribution in [3.8, 4) is 0 Å². The van der Waals surface area contributed by atoms with E-state index in [1.54, 1.807) is 0 Å². The summed E-state index contributed by atoms with van der Waals surface area (Å²) in [5.74, 6) is 1.43. The van der Waals surface area contributed by atoms with Crippen LogP contribution < -0.4 is 0 Å². The second-order valence-electron chi connectivity index (χ2n) is 7.16. The van der Waals surface area contributed by atoms with Crippen LogP contribution in [0.4, 0.5) is 0 Å². The van der Waals surface area contributed by atoms with Crippen LogP contribution in [0.2, 0.25) is 0 Å². The van der Waals surface area contributed by atoms with Gasteiger partial charge in [-0.15, -0.1) is 0 Å². The third-order valence-corrected chi connectivity index (χ3v) is 5.51. The average Bonchev–Trinajstić information content (AvgIpc) is 3.26. The molecule has 126 valence electrons. The number of ether oxygens (including phenoxy) is 1. The number of carbonyl (C=O) groups is 1. The SMILES string of the molecule is CCN(C[C@@H]1CCOC1)C(=O)[C@H]1C[C@@H]1c1ccc2ccccc2c1. The number of benzene rings is 2. The van der Waals surface area contributed by atoms with Crippen molar-refractivity contribution in [1.82, 2.24) is 4.90 Å². The molecule has 0 aromatic heterocycles. The van der Waals surface area contributed by atoms with Gasteiger partial charge >= 0.3 is 0 Å². The number of rotatable bonds is 5. The highest BCUT2D eigenvalue weighted by Gasteiger charge is 2.45. The summed E-state index contributed by atoms with van der Waals surface area (Å²) in [4.78, 5) is 14.9. The molecule has 3 atom stereocenters. The molecule has 1 heterocycles. The summed E-state index contributed by atoms with van der Waals surface area (Å²) < 4.78 is 5.45. The summed E-state index contributed by atoms with van der Waals surface area (Å²) in [5, 5.41) is 2.53. The van der Waals surface area contributed by atoms with Gasteiger partial charge in [-0.2, -0.15) is 0 Å². The standard InChI is InChI=1S/C21H25NO2/c1-2-22(13-15-9-10-24-14-15)21(23)20-12-19(20)18-8-7-16-5-3-4-6-17(16)11-18/h3-8,11,15,19-20H,2,9-10,12-14H2,1H3/t15-,19+,20-/m0/s1. The smallest absolute Gasteiger partial charge is 0.226 e. The van der Waals surface area contributed by atoms with E-state index in [0.29, 0.717) is 17.7 Å². The Morgan fingerprint density at radius 3 is 2.79 bits per heavy atom. The van der Waals surface area contributed by atoms with Crippen LogP contribution in [0.15, 0.2) is 42.5 Å². The number of carbonyl (C=O) groups excluding carboxylic acids is 1. The second kappa shape index (κ2) is 6.56. The Morgan fingerprint density at radius 2 is 2.04 bits per heavy atom. The van der Waals surface area contributed by atoms with Crippen LogP contribution in [0.1, 0.15) is 31.2 Å². The maximum atomic E-state index is 12.9. The summed E-state index contributed by atoms with van der Waals surface area (Å²) in [7, 11) is 0. The third-order valence-electron chi connectivity index (χ3n) is 5.51. The quantitative estimate of drug-likeness (QED) is 0.837. The monoisotopic (exact) mass is 323 g/mol. The Balaban J connectivity index is 1.44. The molecule has 1 saturated heterocycles. The van der Waals surface area contributed by atoms with Crippen molar-refractivity contribution in [2.24, 2.45) is 11.8 Å². The van der Waals surface area contributed by atoms with Gasteiger partial charge in [-0.05, 0) is 42.0 Å². The molecule has 24 heavy (non-hydrogen) atoms. The van der Waals surface area contributed by atoms with Gasteiger partial charge in [0.2, 0.25) is 5.91 Å². The fourth-order valence-corrected chi connectivity index (χ4v) is 3.92. The first-order valence-corrected chi connectivity index (χ1v) is 9.11. The normalized spacial score (nSPS) is 25.8. The zero-order valence-corrected chi connectivity index (χ0v) is 14.3. The number of hydrogen-bond acceptors (Lipinski definition) is 2. The fourth-order valence-electron chi connectivity index (χ4n) is 3.92. The van der Waals surface area contributed by atoms with E-state index >= 15 is 0 Å². The summed E-state index contributed by atoms with van der Waals surface area (Å²) in [6.07, 6.45) is 2.08. The van der Waals surface area contributed by atoms with E-state index in [9.17, 15) is 4.79 Å². The minimum absolute atomic E-state index is 0.174. The molecule has 0 radical (unpaired) electrons. The Hall–Kier alpha value is -1.87. The Morgan fingerprint density at radius 1 is 1.21 bits per heavy atom. The van der Waals surface area contributed by atoms with Crippen molar-refractivity contribution >= 4 is 16.7 Å². The Labute approximate surface area is 143 Å². The van der Waals surface area contributed by atoms with Gasteiger partial charge in [-0.1, -0.05) is 42.5 Å². The van der Waals surface area contributed by atoms with E-state index in [1.807, 2.05) is 4.90 Å². The van der Waals surface area contributed by atoms with Crippen molar-refractivity contribution in [1.29, 1.82) is 0 Å². The highest BCUT2D eigenvalue weighted by atomic mass is 16.5. The van der Waals surface area contributed by atoms with Gasteiger partial charge in [0.05, 0.1) is 6.61 Å². The number of fused-ring (bicyclic) bond motifs is 1. The van der Waals surface area contributed by atoms with Crippen LogP contribution in [-0.4, -0.2) is 37.1 Å². The molecule has 2 aliphatic rings. The van der Waals surface area contributed by atoms with E-state index in [0.717, 1.165) is 39.1 Å². The molecule has 1 amide bonds. The van der Waals surface area contributed by atoms with E-state index in [-0.39, 0.29) is 5.92 Å². The molecule has 2 aromatic rings. The maximum absolute atomic E-state index is 12.9. The largest absolute Gasteiger partial charge is 0.381 e.